The first-order chi connectivity index (χ1) is 14.3. The Labute approximate surface area is 177 Å². The Balaban J connectivity index is 2.24. The summed E-state index contributed by atoms with van der Waals surface area (Å²) in [7, 11) is 0. The molecule has 4 atom stereocenters. The van der Waals surface area contributed by atoms with E-state index in [0.717, 1.165) is 0 Å². The Morgan fingerprint density at radius 2 is 1.47 bits per heavy atom. The van der Waals surface area contributed by atoms with Crippen molar-refractivity contribution in [1.82, 2.24) is 5.32 Å². The van der Waals surface area contributed by atoms with Crippen molar-refractivity contribution >= 4 is 17.7 Å². The molecule has 0 saturated carbocycles. The number of hydrogen-bond acceptors (Lipinski definition) is 5. The SMILES string of the molecule is CCC(C(C)=O)[C@H](CC(=O)O[C@@H](c1ccccc1)[C@@H](O)c1ccccc1)NC(C)=O. The molecule has 2 aromatic carbocycles. The van der Waals surface area contributed by atoms with E-state index >= 15 is 0 Å². The quantitative estimate of drug-likeness (QED) is 0.584. The number of hydrogen-bond donors (Lipinski definition) is 2. The highest BCUT2D eigenvalue weighted by atomic mass is 16.6. The van der Waals surface area contributed by atoms with Gasteiger partial charge in [0.2, 0.25) is 5.91 Å². The van der Waals surface area contributed by atoms with E-state index in [4.69, 9.17) is 4.74 Å². The minimum atomic E-state index is -1.06. The van der Waals surface area contributed by atoms with Gasteiger partial charge in [0.05, 0.1) is 6.42 Å². The van der Waals surface area contributed by atoms with Crippen LogP contribution in [0.15, 0.2) is 60.7 Å². The molecule has 0 aromatic heterocycles. The summed E-state index contributed by atoms with van der Waals surface area (Å²) in [5.41, 5.74) is 1.27. The number of aliphatic hydroxyl groups excluding tert-OH is 1. The van der Waals surface area contributed by atoms with Crippen LogP contribution in [0.2, 0.25) is 0 Å². The number of Topliss-reactive ketones (excluding diaryl/α,β-unsaturated/α-hetero) is 1. The van der Waals surface area contributed by atoms with Crippen molar-refractivity contribution in [1.29, 1.82) is 0 Å². The summed E-state index contributed by atoms with van der Waals surface area (Å²) in [6, 6.07) is 17.3. The van der Waals surface area contributed by atoms with Gasteiger partial charge in [-0.15, -0.1) is 0 Å². The summed E-state index contributed by atoms with van der Waals surface area (Å²) >= 11 is 0. The lowest BCUT2D eigenvalue weighted by Crippen LogP contribution is -2.43. The van der Waals surface area contributed by atoms with Crippen LogP contribution in [0.1, 0.15) is 56.9 Å². The lowest BCUT2D eigenvalue weighted by atomic mass is 9.90. The first-order valence-corrected chi connectivity index (χ1v) is 10.1. The van der Waals surface area contributed by atoms with Crippen LogP contribution in [-0.4, -0.2) is 28.8 Å². The molecule has 1 unspecified atom stereocenters. The molecule has 2 N–H and O–H groups in total. The van der Waals surface area contributed by atoms with E-state index in [1.807, 2.05) is 19.1 Å². The molecule has 0 heterocycles. The van der Waals surface area contributed by atoms with Crippen LogP contribution in [0.25, 0.3) is 0 Å². The van der Waals surface area contributed by atoms with Crippen molar-refractivity contribution in [3.05, 3.63) is 71.8 Å². The third kappa shape index (κ3) is 6.52. The molecule has 0 saturated heterocycles. The first kappa shape index (κ1) is 23.3. The number of carbonyl (C=O) groups excluding carboxylic acids is 3. The van der Waals surface area contributed by atoms with Crippen LogP contribution in [0.5, 0.6) is 0 Å². The molecule has 6 heteroatoms. The van der Waals surface area contributed by atoms with Gasteiger partial charge < -0.3 is 15.2 Å². The molecule has 1 amide bonds. The lowest BCUT2D eigenvalue weighted by molar-refractivity contribution is -0.157. The molecule has 0 aliphatic heterocycles. The van der Waals surface area contributed by atoms with Crippen LogP contribution >= 0.6 is 0 Å². The average Bonchev–Trinajstić information content (AvgIpc) is 2.72. The van der Waals surface area contributed by atoms with Gasteiger partial charge >= 0.3 is 5.97 Å². The number of aliphatic hydroxyl groups is 1. The number of rotatable bonds is 10. The normalized spacial score (nSPS) is 14.8. The lowest BCUT2D eigenvalue weighted by Gasteiger charge is -2.27. The monoisotopic (exact) mass is 411 g/mol. The van der Waals surface area contributed by atoms with Crippen LogP contribution in [0, 0.1) is 5.92 Å². The maximum Gasteiger partial charge on any atom is 0.308 e. The minimum absolute atomic E-state index is 0.104. The van der Waals surface area contributed by atoms with Gasteiger partial charge in [0, 0.05) is 18.9 Å². The largest absolute Gasteiger partial charge is 0.454 e. The predicted octanol–water partition coefficient (Wildman–Crippen LogP) is 3.51. The molecule has 0 aliphatic rings. The van der Waals surface area contributed by atoms with Gasteiger partial charge in [-0.25, -0.2) is 0 Å². The van der Waals surface area contributed by atoms with Crippen molar-refractivity contribution in [2.75, 3.05) is 0 Å². The first-order valence-electron chi connectivity index (χ1n) is 10.1. The number of ketones is 1. The smallest absolute Gasteiger partial charge is 0.308 e. The summed E-state index contributed by atoms with van der Waals surface area (Å²) in [4.78, 5) is 36.4. The predicted molar refractivity (Wildman–Crippen MR) is 113 cm³/mol. The van der Waals surface area contributed by atoms with E-state index in [-0.39, 0.29) is 18.1 Å². The van der Waals surface area contributed by atoms with E-state index in [1.54, 1.807) is 48.5 Å². The topological polar surface area (TPSA) is 92.7 Å². The molecule has 0 spiro atoms. The Kier molecular flexibility index (Phi) is 8.74. The van der Waals surface area contributed by atoms with E-state index < -0.39 is 30.1 Å². The second-order valence-corrected chi connectivity index (χ2v) is 7.31. The number of esters is 1. The van der Waals surface area contributed by atoms with Crippen molar-refractivity contribution in [3.8, 4) is 0 Å². The fraction of sp³-hybridized carbons (Fsp3) is 0.375. The number of ether oxygens (including phenoxy) is 1. The molecule has 2 aromatic rings. The zero-order valence-electron chi connectivity index (χ0n) is 17.6. The third-order valence-corrected chi connectivity index (χ3v) is 5.04. The van der Waals surface area contributed by atoms with E-state index in [2.05, 4.69) is 5.32 Å². The van der Waals surface area contributed by atoms with Gasteiger partial charge in [-0.3, -0.25) is 14.4 Å². The fourth-order valence-electron chi connectivity index (χ4n) is 3.56. The zero-order valence-corrected chi connectivity index (χ0v) is 17.6. The van der Waals surface area contributed by atoms with Crippen LogP contribution in [-0.2, 0) is 19.1 Å². The van der Waals surface area contributed by atoms with Gasteiger partial charge in [-0.1, -0.05) is 67.6 Å². The summed E-state index contributed by atoms with van der Waals surface area (Å²) in [5, 5.41) is 13.6. The Hall–Kier alpha value is -2.99. The molecule has 0 radical (unpaired) electrons. The van der Waals surface area contributed by atoms with E-state index in [1.165, 1.54) is 13.8 Å². The average molecular weight is 411 g/mol. The van der Waals surface area contributed by atoms with E-state index in [9.17, 15) is 19.5 Å². The van der Waals surface area contributed by atoms with Gasteiger partial charge in [0.15, 0.2) is 6.10 Å². The van der Waals surface area contributed by atoms with E-state index in [0.29, 0.717) is 17.5 Å². The molecule has 0 fully saturated rings. The number of carbonyl (C=O) groups is 3. The fourth-order valence-corrected chi connectivity index (χ4v) is 3.56. The molecule has 160 valence electrons. The summed E-state index contributed by atoms with van der Waals surface area (Å²) < 4.78 is 5.69. The van der Waals surface area contributed by atoms with Gasteiger partial charge in [0.25, 0.3) is 0 Å². The molecular weight excluding hydrogens is 382 g/mol. The standard InChI is InChI=1S/C24H29NO5/c1-4-20(16(2)26)21(25-17(3)27)15-22(28)30-24(19-13-9-6-10-14-19)23(29)18-11-7-5-8-12-18/h5-14,20-21,23-24,29H,4,15H2,1-3H3,(H,25,27)/t20?,21-,23-,24-/m0/s1. The highest BCUT2D eigenvalue weighted by Gasteiger charge is 2.31. The third-order valence-electron chi connectivity index (χ3n) is 5.04. The maximum atomic E-state index is 12.8. The van der Waals surface area contributed by atoms with Crippen molar-refractivity contribution in [2.45, 2.75) is 51.9 Å². The molecular formula is C24H29NO5. The zero-order chi connectivity index (χ0) is 22.1. The number of nitrogens with one attached hydrogen (secondary N) is 1. The van der Waals surface area contributed by atoms with Crippen LogP contribution in [0.4, 0.5) is 0 Å². The van der Waals surface area contributed by atoms with Gasteiger partial charge in [0.1, 0.15) is 11.9 Å². The van der Waals surface area contributed by atoms with Gasteiger partial charge in [-0.05, 0) is 24.5 Å². The summed E-state index contributed by atoms with van der Waals surface area (Å²) in [6.07, 6.45) is -1.66. The Morgan fingerprint density at radius 1 is 0.933 bits per heavy atom. The number of amides is 1. The summed E-state index contributed by atoms with van der Waals surface area (Å²) in [5.74, 6) is -1.52. The second kappa shape index (κ2) is 11.3. The van der Waals surface area contributed by atoms with Crippen LogP contribution in [0.3, 0.4) is 0 Å². The van der Waals surface area contributed by atoms with Gasteiger partial charge in [-0.2, -0.15) is 0 Å². The Morgan fingerprint density at radius 3 is 1.93 bits per heavy atom. The molecule has 30 heavy (non-hydrogen) atoms. The van der Waals surface area contributed by atoms with Crippen molar-refractivity contribution in [3.63, 3.8) is 0 Å². The highest BCUT2D eigenvalue weighted by molar-refractivity contribution is 5.82. The molecule has 0 aliphatic carbocycles. The number of benzene rings is 2. The highest BCUT2D eigenvalue weighted by Crippen LogP contribution is 2.32. The second-order valence-electron chi connectivity index (χ2n) is 7.31. The maximum absolute atomic E-state index is 12.8. The molecule has 0 bridgehead atoms. The minimum Gasteiger partial charge on any atom is -0.454 e. The summed E-state index contributed by atoms with van der Waals surface area (Å²) in [6.45, 7) is 4.62. The Bertz CT molecular complexity index is 837. The van der Waals surface area contributed by atoms with Crippen molar-refractivity contribution < 1.29 is 24.2 Å². The van der Waals surface area contributed by atoms with Crippen LogP contribution < -0.4 is 5.32 Å². The van der Waals surface area contributed by atoms with Crippen molar-refractivity contribution in [2.24, 2.45) is 5.92 Å². The molecule has 6 nitrogen and oxygen atoms in total. The molecule has 2 rings (SSSR count).